The SMILES string of the molecule is CC(CNCC1CCCc2ccccc21)C(C)(C)C. The summed E-state index contributed by atoms with van der Waals surface area (Å²) >= 11 is 0. The summed E-state index contributed by atoms with van der Waals surface area (Å²) in [5.41, 5.74) is 3.56. The van der Waals surface area contributed by atoms with Crippen LogP contribution in [0.4, 0.5) is 0 Å². The van der Waals surface area contributed by atoms with Gasteiger partial charge in [-0.2, -0.15) is 0 Å². The van der Waals surface area contributed by atoms with E-state index in [2.05, 4.69) is 57.3 Å². The van der Waals surface area contributed by atoms with Gasteiger partial charge in [0, 0.05) is 6.54 Å². The van der Waals surface area contributed by atoms with Gasteiger partial charge >= 0.3 is 0 Å². The molecule has 0 aliphatic heterocycles. The lowest BCUT2D eigenvalue weighted by Crippen LogP contribution is -2.33. The van der Waals surface area contributed by atoms with E-state index in [1.165, 1.54) is 19.3 Å². The van der Waals surface area contributed by atoms with Crippen LogP contribution < -0.4 is 5.32 Å². The van der Waals surface area contributed by atoms with Crippen molar-refractivity contribution < 1.29 is 0 Å². The maximum absolute atomic E-state index is 3.70. The first-order chi connectivity index (χ1) is 8.98. The molecule has 1 heteroatoms. The molecule has 0 aromatic heterocycles. The largest absolute Gasteiger partial charge is 0.316 e. The molecule has 0 bridgehead atoms. The average molecular weight is 259 g/mol. The van der Waals surface area contributed by atoms with Gasteiger partial charge in [-0.25, -0.2) is 0 Å². The van der Waals surface area contributed by atoms with Gasteiger partial charge in [-0.05, 0) is 54.2 Å². The van der Waals surface area contributed by atoms with Crippen molar-refractivity contribution in [3.05, 3.63) is 35.4 Å². The lowest BCUT2D eigenvalue weighted by Gasteiger charge is -2.30. The Balaban J connectivity index is 1.88. The molecule has 0 amide bonds. The first kappa shape index (κ1) is 14.6. The first-order valence-corrected chi connectivity index (χ1v) is 7.77. The minimum Gasteiger partial charge on any atom is -0.316 e. The summed E-state index contributed by atoms with van der Waals surface area (Å²) in [5.74, 6) is 1.43. The molecular weight excluding hydrogens is 230 g/mol. The number of aryl methyl sites for hydroxylation is 1. The Morgan fingerprint density at radius 1 is 1.26 bits per heavy atom. The monoisotopic (exact) mass is 259 g/mol. The van der Waals surface area contributed by atoms with E-state index >= 15 is 0 Å². The van der Waals surface area contributed by atoms with Crippen LogP contribution in [0.15, 0.2) is 24.3 Å². The first-order valence-electron chi connectivity index (χ1n) is 7.77. The molecule has 106 valence electrons. The van der Waals surface area contributed by atoms with E-state index in [9.17, 15) is 0 Å². The van der Waals surface area contributed by atoms with Crippen molar-refractivity contribution in [2.24, 2.45) is 11.3 Å². The van der Waals surface area contributed by atoms with Crippen LogP contribution in [0.3, 0.4) is 0 Å². The van der Waals surface area contributed by atoms with Crippen molar-refractivity contribution in [3.8, 4) is 0 Å². The van der Waals surface area contributed by atoms with Crippen LogP contribution in [0.1, 0.15) is 57.6 Å². The van der Waals surface area contributed by atoms with Gasteiger partial charge < -0.3 is 5.32 Å². The van der Waals surface area contributed by atoms with Crippen molar-refractivity contribution in [2.45, 2.75) is 52.9 Å². The molecular formula is C18H29N. The van der Waals surface area contributed by atoms with Crippen LogP contribution in [0.5, 0.6) is 0 Å². The number of rotatable bonds is 4. The molecule has 1 aromatic carbocycles. The zero-order chi connectivity index (χ0) is 13.9. The zero-order valence-electron chi connectivity index (χ0n) is 13.0. The highest BCUT2D eigenvalue weighted by atomic mass is 14.9. The van der Waals surface area contributed by atoms with Gasteiger partial charge in [0.2, 0.25) is 0 Å². The van der Waals surface area contributed by atoms with Crippen LogP contribution in [0.25, 0.3) is 0 Å². The summed E-state index contributed by atoms with van der Waals surface area (Å²) in [4.78, 5) is 0. The quantitative estimate of drug-likeness (QED) is 0.846. The zero-order valence-corrected chi connectivity index (χ0v) is 13.0. The predicted octanol–water partition coefficient (Wildman–Crippen LogP) is 4.38. The van der Waals surface area contributed by atoms with E-state index in [0.29, 0.717) is 11.3 Å². The standard InChI is InChI=1S/C18H29N/c1-14(18(2,3)4)12-19-13-16-10-7-9-15-8-5-6-11-17(15)16/h5-6,8,11,14,16,19H,7,9-10,12-13H2,1-4H3. The Labute approximate surface area is 118 Å². The number of hydrogen-bond donors (Lipinski definition) is 1. The smallest absolute Gasteiger partial charge is 0.00203 e. The predicted molar refractivity (Wildman–Crippen MR) is 83.6 cm³/mol. The summed E-state index contributed by atoms with van der Waals surface area (Å²) in [6.45, 7) is 11.6. The number of fused-ring (bicyclic) bond motifs is 1. The summed E-state index contributed by atoms with van der Waals surface area (Å²) in [6.07, 6.45) is 3.96. The molecule has 1 nitrogen and oxygen atoms in total. The summed E-state index contributed by atoms with van der Waals surface area (Å²) in [5, 5.41) is 3.70. The van der Waals surface area contributed by atoms with Crippen LogP contribution in [-0.4, -0.2) is 13.1 Å². The molecule has 1 aliphatic rings. The molecule has 2 atom stereocenters. The maximum atomic E-state index is 3.70. The Morgan fingerprint density at radius 3 is 2.74 bits per heavy atom. The Kier molecular flexibility index (Phi) is 4.67. The second kappa shape index (κ2) is 6.09. The van der Waals surface area contributed by atoms with Gasteiger partial charge in [0.05, 0.1) is 0 Å². The van der Waals surface area contributed by atoms with Gasteiger partial charge in [-0.3, -0.25) is 0 Å². The molecule has 0 radical (unpaired) electrons. The van der Waals surface area contributed by atoms with E-state index in [0.717, 1.165) is 19.0 Å². The topological polar surface area (TPSA) is 12.0 Å². The Hall–Kier alpha value is -0.820. The molecule has 0 heterocycles. The maximum Gasteiger partial charge on any atom is 0.00203 e. The lowest BCUT2D eigenvalue weighted by molar-refractivity contribution is 0.251. The van der Waals surface area contributed by atoms with Gasteiger partial charge in [0.1, 0.15) is 0 Å². The van der Waals surface area contributed by atoms with Gasteiger partial charge in [0.15, 0.2) is 0 Å². The third-order valence-electron chi connectivity index (χ3n) is 4.81. The molecule has 1 aliphatic carbocycles. The molecule has 1 N–H and O–H groups in total. The van der Waals surface area contributed by atoms with Crippen LogP contribution in [-0.2, 0) is 6.42 Å². The molecule has 2 unspecified atom stereocenters. The van der Waals surface area contributed by atoms with Crippen molar-refractivity contribution >= 4 is 0 Å². The average Bonchev–Trinajstić information content (AvgIpc) is 2.38. The summed E-state index contributed by atoms with van der Waals surface area (Å²) in [6, 6.07) is 9.00. The minimum absolute atomic E-state index is 0.400. The number of hydrogen-bond acceptors (Lipinski definition) is 1. The fourth-order valence-corrected chi connectivity index (χ4v) is 2.85. The third-order valence-corrected chi connectivity index (χ3v) is 4.81. The number of benzene rings is 1. The molecule has 0 saturated heterocycles. The number of nitrogens with one attached hydrogen (secondary N) is 1. The molecule has 1 aromatic rings. The highest BCUT2D eigenvalue weighted by Crippen LogP contribution is 2.31. The van der Waals surface area contributed by atoms with Gasteiger partial charge in [-0.15, -0.1) is 0 Å². The summed E-state index contributed by atoms with van der Waals surface area (Å²) in [7, 11) is 0. The second-order valence-electron chi connectivity index (χ2n) is 7.21. The highest BCUT2D eigenvalue weighted by molar-refractivity contribution is 5.32. The minimum atomic E-state index is 0.400. The normalized spacial score (nSPS) is 20.9. The fourth-order valence-electron chi connectivity index (χ4n) is 2.85. The van der Waals surface area contributed by atoms with Crippen LogP contribution in [0, 0.1) is 11.3 Å². The van der Waals surface area contributed by atoms with Crippen LogP contribution >= 0.6 is 0 Å². The van der Waals surface area contributed by atoms with Crippen molar-refractivity contribution in [3.63, 3.8) is 0 Å². The molecule has 0 saturated carbocycles. The van der Waals surface area contributed by atoms with E-state index < -0.39 is 0 Å². The Bertz CT molecular complexity index is 402. The van der Waals surface area contributed by atoms with E-state index in [1.54, 1.807) is 11.1 Å². The van der Waals surface area contributed by atoms with Gasteiger partial charge in [0.25, 0.3) is 0 Å². The Morgan fingerprint density at radius 2 is 2.00 bits per heavy atom. The van der Waals surface area contributed by atoms with Crippen molar-refractivity contribution in [2.75, 3.05) is 13.1 Å². The molecule has 0 spiro atoms. The van der Waals surface area contributed by atoms with Crippen LogP contribution in [0.2, 0.25) is 0 Å². The van der Waals surface area contributed by atoms with E-state index in [-0.39, 0.29) is 0 Å². The molecule has 2 rings (SSSR count). The highest BCUT2D eigenvalue weighted by Gasteiger charge is 2.22. The third kappa shape index (κ3) is 3.82. The lowest BCUT2D eigenvalue weighted by atomic mass is 9.81. The second-order valence-corrected chi connectivity index (χ2v) is 7.21. The fraction of sp³-hybridized carbons (Fsp3) is 0.667. The van der Waals surface area contributed by atoms with E-state index in [1.807, 2.05) is 0 Å². The molecule has 0 fully saturated rings. The molecule has 19 heavy (non-hydrogen) atoms. The van der Waals surface area contributed by atoms with Crippen molar-refractivity contribution in [1.82, 2.24) is 5.32 Å². The summed E-state index contributed by atoms with van der Waals surface area (Å²) < 4.78 is 0. The van der Waals surface area contributed by atoms with Crippen molar-refractivity contribution in [1.29, 1.82) is 0 Å². The van der Waals surface area contributed by atoms with Gasteiger partial charge in [-0.1, -0.05) is 52.0 Å². The van der Waals surface area contributed by atoms with E-state index in [4.69, 9.17) is 0 Å².